The number of halogens is 5. The van der Waals surface area contributed by atoms with E-state index in [1.807, 2.05) is 0 Å². The summed E-state index contributed by atoms with van der Waals surface area (Å²) in [7, 11) is 0. The molecule has 1 rings (SSSR count). The van der Waals surface area contributed by atoms with Crippen molar-refractivity contribution in [3.8, 4) is 0 Å². The molecule has 0 N–H and O–H groups in total. The highest BCUT2D eigenvalue weighted by Crippen LogP contribution is 2.23. The minimum absolute atomic E-state index is 0.213. The van der Waals surface area contributed by atoms with E-state index in [4.69, 9.17) is 23.2 Å². The minimum Gasteiger partial charge on any atom is -0.219 e. The SMILES string of the molecule is Fc1nc(CCl)c(Cl)c(F)c1F. The maximum atomic E-state index is 12.6. The van der Waals surface area contributed by atoms with Crippen LogP contribution in [-0.4, -0.2) is 4.98 Å². The molecule has 1 aromatic rings. The van der Waals surface area contributed by atoms with Crippen LogP contribution in [0.4, 0.5) is 13.2 Å². The molecule has 0 aromatic carbocycles. The second-order valence-corrected chi connectivity index (χ2v) is 2.57. The van der Waals surface area contributed by atoms with Crippen molar-refractivity contribution in [3.63, 3.8) is 0 Å². The number of hydrogen-bond donors (Lipinski definition) is 0. The molecule has 0 unspecified atom stereocenters. The molecule has 0 fully saturated rings. The van der Waals surface area contributed by atoms with Crippen molar-refractivity contribution >= 4 is 23.2 Å². The van der Waals surface area contributed by atoms with Gasteiger partial charge in [-0.25, -0.2) is 9.37 Å². The van der Waals surface area contributed by atoms with Crippen molar-refractivity contribution in [2.24, 2.45) is 0 Å². The molecule has 12 heavy (non-hydrogen) atoms. The minimum atomic E-state index is -1.69. The van der Waals surface area contributed by atoms with Crippen LogP contribution in [0.15, 0.2) is 0 Å². The van der Waals surface area contributed by atoms with Crippen LogP contribution in [0.25, 0.3) is 0 Å². The molecule has 0 aliphatic carbocycles. The maximum absolute atomic E-state index is 12.6. The van der Waals surface area contributed by atoms with Gasteiger partial charge in [-0.2, -0.15) is 8.78 Å². The smallest absolute Gasteiger partial charge is 0.219 e. The van der Waals surface area contributed by atoms with Crippen LogP contribution in [0, 0.1) is 17.6 Å². The van der Waals surface area contributed by atoms with Gasteiger partial charge in [-0.3, -0.25) is 0 Å². The number of nitrogens with zero attached hydrogens (tertiary/aromatic N) is 1. The zero-order valence-corrected chi connectivity index (χ0v) is 7.06. The molecule has 66 valence electrons. The predicted molar refractivity (Wildman–Crippen MR) is 38.7 cm³/mol. The number of alkyl halides is 1. The summed E-state index contributed by atoms with van der Waals surface area (Å²) in [6.45, 7) is 0. The fraction of sp³-hybridized carbons (Fsp3) is 0.167. The zero-order valence-electron chi connectivity index (χ0n) is 5.54. The highest BCUT2D eigenvalue weighted by Gasteiger charge is 2.17. The first-order valence-corrected chi connectivity index (χ1v) is 3.74. The average molecular weight is 216 g/mol. The topological polar surface area (TPSA) is 12.9 Å². The van der Waals surface area contributed by atoms with E-state index in [0.717, 1.165) is 0 Å². The first-order valence-electron chi connectivity index (χ1n) is 2.82. The van der Waals surface area contributed by atoms with E-state index in [1.54, 1.807) is 0 Å². The molecule has 1 nitrogen and oxygen atoms in total. The highest BCUT2D eigenvalue weighted by molar-refractivity contribution is 6.32. The van der Waals surface area contributed by atoms with Crippen LogP contribution in [-0.2, 0) is 5.88 Å². The summed E-state index contributed by atoms with van der Waals surface area (Å²) in [6.07, 6.45) is 0. The first-order chi connectivity index (χ1) is 5.57. The Hall–Kier alpha value is -0.480. The van der Waals surface area contributed by atoms with E-state index in [9.17, 15) is 13.2 Å². The average Bonchev–Trinajstić information content (AvgIpc) is 2.08. The van der Waals surface area contributed by atoms with Crippen LogP contribution in [0.1, 0.15) is 5.69 Å². The van der Waals surface area contributed by atoms with Crippen molar-refractivity contribution in [1.29, 1.82) is 0 Å². The van der Waals surface area contributed by atoms with Crippen LogP contribution in [0.5, 0.6) is 0 Å². The molecule has 0 atom stereocenters. The van der Waals surface area contributed by atoms with Gasteiger partial charge in [0.1, 0.15) is 5.02 Å². The van der Waals surface area contributed by atoms with Gasteiger partial charge in [0.25, 0.3) is 5.95 Å². The summed E-state index contributed by atoms with van der Waals surface area (Å²) in [6, 6.07) is 0. The molecule has 0 saturated heterocycles. The van der Waals surface area contributed by atoms with Gasteiger partial charge in [0, 0.05) is 0 Å². The quantitative estimate of drug-likeness (QED) is 0.519. The Labute approximate surface area is 76.1 Å². The predicted octanol–water partition coefficient (Wildman–Crippen LogP) is 2.89. The lowest BCUT2D eigenvalue weighted by Gasteiger charge is -2.01. The van der Waals surface area contributed by atoms with Gasteiger partial charge < -0.3 is 0 Å². The van der Waals surface area contributed by atoms with E-state index in [2.05, 4.69) is 4.98 Å². The normalized spacial score (nSPS) is 10.4. The van der Waals surface area contributed by atoms with Gasteiger partial charge in [0.15, 0.2) is 5.82 Å². The van der Waals surface area contributed by atoms with E-state index < -0.39 is 22.6 Å². The Kier molecular flexibility index (Phi) is 2.80. The Balaban J connectivity index is 3.39. The Morgan fingerprint density at radius 1 is 1.17 bits per heavy atom. The summed E-state index contributed by atoms with van der Waals surface area (Å²) in [5.41, 5.74) is -0.213. The maximum Gasteiger partial charge on any atom is 0.252 e. The lowest BCUT2D eigenvalue weighted by atomic mass is 10.3. The number of hydrogen-bond acceptors (Lipinski definition) is 1. The molecular formula is C6H2Cl2F3N. The molecule has 0 amide bonds. The van der Waals surface area contributed by atoms with Gasteiger partial charge in [0.2, 0.25) is 5.82 Å². The fourth-order valence-corrected chi connectivity index (χ4v) is 1.07. The third-order valence-corrected chi connectivity index (χ3v) is 1.82. The Morgan fingerprint density at radius 2 is 1.75 bits per heavy atom. The second-order valence-electron chi connectivity index (χ2n) is 1.92. The number of pyridine rings is 1. The Bertz CT molecular complexity index is 316. The van der Waals surface area contributed by atoms with Crippen LogP contribution < -0.4 is 0 Å². The van der Waals surface area contributed by atoms with Gasteiger partial charge in [-0.05, 0) is 0 Å². The van der Waals surface area contributed by atoms with Crippen molar-refractivity contribution < 1.29 is 13.2 Å². The third-order valence-electron chi connectivity index (χ3n) is 1.18. The molecule has 0 aliphatic rings. The van der Waals surface area contributed by atoms with Crippen molar-refractivity contribution in [3.05, 3.63) is 28.3 Å². The van der Waals surface area contributed by atoms with Crippen LogP contribution >= 0.6 is 23.2 Å². The molecule has 0 radical (unpaired) electrons. The molecule has 6 heteroatoms. The van der Waals surface area contributed by atoms with Gasteiger partial charge in [-0.15, -0.1) is 11.6 Å². The van der Waals surface area contributed by atoms with E-state index in [-0.39, 0.29) is 11.6 Å². The molecule has 0 bridgehead atoms. The highest BCUT2D eigenvalue weighted by atomic mass is 35.5. The molecule has 1 aromatic heterocycles. The third kappa shape index (κ3) is 1.49. The van der Waals surface area contributed by atoms with E-state index in [1.165, 1.54) is 0 Å². The largest absolute Gasteiger partial charge is 0.252 e. The van der Waals surface area contributed by atoms with Crippen LogP contribution in [0.3, 0.4) is 0 Å². The van der Waals surface area contributed by atoms with Crippen molar-refractivity contribution in [2.75, 3.05) is 0 Å². The molecule has 0 saturated carbocycles. The summed E-state index contributed by atoms with van der Waals surface area (Å²) < 4.78 is 37.3. The number of rotatable bonds is 1. The van der Waals surface area contributed by atoms with Crippen molar-refractivity contribution in [1.82, 2.24) is 4.98 Å². The fourth-order valence-electron chi connectivity index (χ4n) is 0.619. The zero-order chi connectivity index (χ0) is 9.30. The molecule has 1 heterocycles. The summed E-state index contributed by atoms with van der Waals surface area (Å²) in [5.74, 6) is -4.95. The monoisotopic (exact) mass is 215 g/mol. The van der Waals surface area contributed by atoms with Gasteiger partial charge in [-0.1, -0.05) is 11.6 Å². The second kappa shape index (κ2) is 3.49. The van der Waals surface area contributed by atoms with E-state index in [0.29, 0.717) is 0 Å². The summed E-state index contributed by atoms with van der Waals surface area (Å²) >= 11 is 10.5. The van der Waals surface area contributed by atoms with E-state index >= 15 is 0 Å². The Morgan fingerprint density at radius 3 is 2.25 bits per heavy atom. The molecular weight excluding hydrogens is 214 g/mol. The number of aromatic nitrogens is 1. The first kappa shape index (κ1) is 9.61. The van der Waals surface area contributed by atoms with Crippen molar-refractivity contribution in [2.45, 2.75) is 5.88 Å². The lowest BCUT2D eigenvalue weighted by Crippen LogP contribution is -2.00. The van der Waals surface area contributed by atoms with Gasteiger partial charge in [0.05, 0.1) is 11.6 Å². The lowest BCUT2D eigenvalue weighted by molar-refractivity contribution is 0.424. The standard InChI is InChI=1S/C6H2Cl2F3N/c7-1-2-3(8)4(9)5(10)6(11)12-2/h1H2. The van der Waals surface area contributed by atoms with Crippen LogP contribution in [0.2, 0.25) is 5.02 Å². The molecule has 0 spiro atoms. The van der Waals surface area contributed by atoms with Gasteiger partial charge >= 0.3 is 0 Å². The molecule has 0 aliphatic heterocycles. The summed E-state index contributed by atoms with van der Waals surface area (Å²) in [4.78, 5) is 3.01. The summed E-state index contributed by atoms with van der Waals surface area (Å²) in [5, 5.41) is -0.580.